The number of likely N-dealkylation sites (tertiary alicyclic amines) is 1. The summed E-state index contributed by atoms with van der Waals surface area (Å²) in [6.45, 7) is 2.96. The zero-order chi connectivity index (χ0) is 10.8. The summed E-state index contributed by atoms with van der Waals surface area (Å²) >= 11 is 5.45. The van der Waals surface area contributed by atoms with E-state index in [9.17, 15) is 9.59 Å². The standard InChI is InChI=1S/C9H15ClN2O2/c1-9(8(14)11-2)3-4-12(6-9)7(13)5-10/h3-6H2,1-2H3,(H,11,14). The van der Waals surface area contributed by atoms with Crippen molar-refractivity contribution in [3.63, 3.8) is 0 Å². The fraction of sp³-hybridized carbons (Fsp3) is 0.778. The SMILES string of the molecule is CNC(=O)C1(C)CCN(C(=O)CCl)C1. The van der Waals surface area contributed by atoms with Crippen LogP contribution in [0.15, 0.2) is 0 Å². The van der Waals surface area contributed by atoms with Gasteiger partial charge in [-0.2, -0.15) is 0 Å². The molecule has 14 heavy (non-hydrogen) atoms. The molecular formula is C9H15ClN2O2. The summed E-state index contributed by atoms with van der Waals surface area (Å²) in [5.41, 5.74) is -0.448. The summed E-state index contributed by atoms with van der Waals surface area (Å²) in [5, 5.41) is 2.62. The van der Waals surface area contributed by atoms with Gasteiger partial charge >= 0.3 is 0 Å². The number of alkyl halides is 1. The Bertz CT molecular complexity index is 257. The third-order valence-electron chi connectivity index (χ3n) is 2.72. The lowest BCUT2D eigenvalue weighted by atomic mass is 9.89. The molecule has 1 saturated heterocycles. The molecular weight excluding hydrogens is 204 g/mol. The lowest BCUT2D eigenvalue weighted by Gasteiger charge is -2.22. The first kappa shape index (κ1) is 11.3. The molecule has 0 saturated carbocycles. The summed E-state index contributed by atoms with van der Waals surface area (Å²) in [6, 6.07) is 0. The smallest absolute Gasteiger partial charge is 0.237 e. The lowest BCUT2D eigenvalue weighted by Crippen LogP contribution is -2.40. The van der Waals surface area contributed by atoms with Gasteiger partial charge in [-0.25, -0.2) is 0 Å². The number of rotatable bonds is 2. The Morgan fingerprint density at radius 2 is 2.21 bits per heavy atom. The Morgan fingerprint density at radius 1 is 1.57 bits per heavy atom. The maximum absolute atomic E-state index is 11.5. The second-order valence-electron chi connectivity index (χ2n) is 3.84. The van der Waals surface area contributed by atoms with E-state index < -0.39 is 5.41 Å². The molecule has 2 amide bonds. The quantitative estimate of drug-likeness (QED) is 0.674. The largest absolute Gasteiger partial charge is 0.359 e. The maximum Gasteiger partial charge on any atom is 0.237 e. The van der Waals surface area contributed by atoms with E-state index in [0.29, 0.717) is 19.5 Å². The van der Waals surface area contributed by atoms with Crippen LogP contribution in [0.2, 0.25) is 0 Å². The van der Waals surface area contributed by atoms with Gasteiger partial charge in [0, 0.05) is 20.1 Å². The molecule has 0 aromatic rings. The van der Waals surface area contributed by atoms with Crippen LogP contribution >= 0.6 is 11.6 Å². The number of carbonyl (C=O) groups excluding carboxylic acids is 2. The van der Waals surface area contributed by atoms with E-state index in [1.807, 2.05) is 6.92 Å². The van der Waals surface area contributed by atoms with Crippen molar-refractivity contribution in [1.82, 2.24) is 10.2 Å². The number of hydrogen-bond donors (Lipinski definition) is 1. The summed E-state index contributed by atoms with van der Waals surface area (Å²) in [4.78, 5) is 24.4. The van der Waals surface area contributed by atoms with E-state index in [1.165, 1.54) is 0 Å². The molecule has 1 atom stereocenters. The number of nitrogens with zero attached hydrogens (tertiary/aromatic N) is 1. The van der Waals surface area contributed by atoms with E-state index in [1.54, 1.807) is 11.9 Å². The Balaban J connectivity index is 2.64. The second-order valence-corrected chi connectivity index (χ2v) is 4.11. The Hall–Kier alpha value is -0.770. The van der Waals surface area contributed by atoms with Crippen molar-refractivity contribution in [3.8, 4) is 0 Å². The van der Waals surface area contributed by atoms with Crippen LogP contribution in [0.25, 0.3) is 0 Å². The van der Waals surface area contributed by atoms with Crippen molar-refractivity contribution in [1.29, 1.82) is 0 Å². The Morgan fingerprint density at radius 3 is 2.71 bits per heavy atom. The van der Waals surface area contributed by atoms with Crippen molar-refractivity contribution in [2.45, 2.75) is 13.3 Å². The average Bonchev–Trinajstić information content (AvgIpc) is 2.60. The van der Waals surface area contributed by atoms with Crippen LogP contribution < -0.4 is 5.32 Å². The van der Waals surface area contributed by atoms with Crippen LogP contribution in [-0.4, -0.2) is 42.7 Å². The summed E-state index contributed by atoms with van der Waals surface area (Å²) in [6.07, 6.45) is 0.704. The molecule has 1 heterocycles. The molecule has 0 aromatic carbocycles. The molecule has 1 unspecified atom stereocenters. The summed E-state index contributed by atoms with van der Waals surface area (Å²) in [7, 11) is 1.61. The minimum absolute atomic E-state index is 0.0101. The molecule has 1 aliphatic rings. The molecule has 0 radical (unpaired) electrons. The summed E-state index contributed by atoms with van der Waals surface area (Å²) in [5.74, 6) is -0.120. The molecule has 0 spiro atoms. The van der Waals surface area contributed by atoms with Gasteiger partial charge in [0.05, 0.1) is 5.41 Å². The van der Waals surface area contributed by atoms with Crippen LogP contribution in [0.3, 0.4) is 0 Å². The van der Waals surface area contributed by atoms with Crippen molar-refractivity contribution >= 4 is 23.4 Å². The van der Waals surface area contributed by atoms with E-state index in [4.69, 9.17) is 11.6 Å². The van der Waals surface area contributed by atoms with Gasteiger partial charge in [0.25, 0.3) is 0 Å². The Kier molecular flexibility index (Phi) is 3.37. The van der Waals surface area contributed by atoms with Crippen LogP contribution in [0.4, 0.5) is 0 Å². The molecule has 1 fully saturated rings. The van der Waals surface area contributed by atoms with Gasteiger partial charge < -0.3 is 10.2 Å². The fourth-order valence-corrected chi connectivity index (χ4v) is 1.91. The predicted octanol–water partition coefficient (Wildman–Crippen LogP) is 0.210. The van der Waals surface area contributed by atoms with Gasteiger partial charge in [0.2, 0.25) is 11.8 Å². The average molecular weight is 219 g/mol. The maximum atomic E-state index is 11.5. The predicted molar refractivity (Wildman–Crippen MR) is 54.1 cm³/mol. The van der Waals surface area contributed by atoms with E-state index in [-0.39, 0.29) is 17.7 Å². The van der Waals surface area contributed by atoms with E-state index >= 15 is 0 Å². The minimum atomic E-state index is -0.448. The molecule has 5 heteroatoms. The second kappa shape index (κ2) is 4.17. The van der Waals surface area contributed by atoms with Crippen LogP contribution in [0.5, 0.6) is 0 Å². The summed E-state index contributed by atoms with van der Waals surface area (Å²) < 4.78 is 0. The van der Waals surface area contributed by atoms with Gasteiger partial charge in [-0.3, -0.25) is 9.59 Å². The third kappa shape index (κ3) is 2.00. The first-order valence-electron chi connectivity index (χ1n) is 4.59. The highest BCUT2D eigenvalue weighted by atomic mass is 35.5. The number of nitrogens with one attached hydrogen (secondary N) is 1. The number of halogens is 1. The highest BCUT2D eigenvalue weighted by molar-refractivity contribution is 6.27. The number of amides is 2. The monoisotopic (exact) mass is 218 g/mol. The molecule has 1 N–H and O–H groups in total. The number of carbonyl (C=O) groups is 2. The molecule has 0 aromatic heterocycles. The van der Waals surface area contributed by atoms with Gasteiger partial charge in [-0.1, -0.05) is 0 Å². The molecule has 1 aliphatic heterocycles. The first-order chi connectivity index (χ1) is 6.53. The van der Waals surface area contributed by atoms with Crippen molar-refractivity contribution in [3.05, 3.63) is 0 Å². The topological polar surface area (TPSA) is 49.4 Å². The minimum Gasteiger partial charge on any atom is -0.359 e. The van der Waals surface area contributed by atoms with Crippen molar-refractivity contribution in [2.75, 3.05) is 26.0 Å². The fourth-order valence-electron chi connectivity index (χ4n) is 1.75. The van der Waals surface area contributed by atoms with Crippen molar-refractivity contribution < 1.29 is 9.59 Å². The normalized spacial score (nSPS) is 26.4. The lowest BCUT2D eigenvalue weighted by molar-refractivity contribution is -0.131. The zero-order valence-electron chi connectivity index (χ0n) is 8.47. The van der Waals surface area contributed by atoms with Crippen LogP contribution in [0.1, 0.15) is 13.3 Å². The van der Waals surface area contributed by atoms with Crippen LogP contribution in [-0.2, 0) is 9.59 Å². The van der Waals surface area contributed by atoms with Gasteiger partial charge in [0.1, 0.15) is 5.88 Å². The van der Waals surface area contributed by atoms with Crippen LogP contribution in [0, 0.1) is 5.41 Å². The molecule has 0 aliphatic carbocycles. The molecule has 1 rings (SSSR count). The van der Waals surface area contributed by atoms with Gasteiger partial charge in [-0.15, -0.1) is 11.6 Å². The molecule has 4 nitrogen and oxygen atoms in total. The molecule has 80 valence electrons. The van der Waals surface area contributed by atoms with Gasteiger partial charge in [0.15, 0.2) is 0 Å². The number of hydrogen-bond acceptors (Lipinski definition) is 2. The Labute approximate surface area is 88.6 Å². The highest BCUT2D eigenvalue weighted by Crippen LogP contribution is 2.29. The van der Waals surface area contributed by atoms with E-state index in [0.717, 1.165) is 0 Å². The van der Waals surface area contributed by atoms with Gasteiger partial charge in [-0.05, 0) is 13.3 Å². The van der Waals surface area contributed by atoms with E-state index in [2.05, 4.69) is 5.32 Å². The zero-order valence-corrected chi connectivity index (χ0v) is 9.23. The highest BCUT2D eigenvalue weighted by Gasteiger charge is 2.41. The first-order valence-corrected chi connectivity index (χ1v) is 5.13. The third-order valence-corrected chi connectivity index (χ3v) is 2.94. The molecule has 0 bridgehead atoms. The van der Waals surface area contributed by atoms with Crippen molar-refractivity contribution in [2.24, 2.45) is 5.41 Å².